The van der Waals surface area contributed by atoms with Crippen LogP contribution in [0, 0.1) is 0 Å². The summed E-state index contributed by atoms with van der Waals surface area (Å²) in [5.41, 5.74) is 0.768. The topological polar surface area (TPSA) is 57.7 Å². The number of amides is 1. The van der Waals surface area contributed by atoms with Crippen molar-refractivity contribution in [1.29, 1.82) is 0 Å². The highest BCUT2D eigenvalue weighted by Gasteiger charge is 2.30. The van der Waals surface area contributed by atoms with Gasteiger partial charge in [-0.2, -0.15) is 4.31 Å². The Morgan fingerprint density at radius 2 is 1.73 bits per heavy atom. The molecule has 0 atom stereocenters. The van der Waals surface area contributed by atoms with Gasteiger partial charge in [-0.25, -0.2) is 8.42 Å². The van der Waals surface area contributed by atoms with E-state index in [-0.39, 0.29) is 18.5 Å². The van der Waals surface area contributed by atoms with E-state index in [4.69, 9.17) is 0 Å². The van der Waals surface area contributed by atoms with E-state index < -0.39 is 10.0 Å². The molecule has 5 nitrogen and oxygen atoms in total. The molecule has 0 bridgehead atoms. The predicted molar refractivity (Wildman–Crippen MR) is 88.3 cm³/mol. The van der Waals surface area contributed by atoms with Crippen molar-refractivity contribution in [2.75, 3.05) is 24.7 Å². The van der Waals surface area contributed by atoms with E-state index in [9.17, 15) is 13.2 Å². The Kier molecular flexibility index (Phi) is 5.58. The lowest BCUT2D eigenvalue weighted by atomic mass is 9.95. The first-order valence-electron chi connectivity index (χ1n) is 7.68. The summed E-state index contributed by atoms with van der Waals surface area (Å²) in [5.74, 6) is -0.206. The maximum atomic E-state index is 12.5. The molecule has 0 heterocycles. The van der Waals surface area contributed by atoms with Crippen LogP contribution in [0.1, 0.15) is 32.1 Å². The summed E-state index contributed by atoms with van der Waals surface area (Å²) < 4.78 is 25.5. The molecule has 0 aromatic heterocycles. The van der Waals surface area contributed by atoms with E-state index in [1.807, 2.05) is 30.3 Å². The monoisotopic (exact) mass is 324 g/mol. The second-order valence-corrected chi connectivity index (χ2v) is 7.82. The number of sulfonamides is 1. The molecule has 0 saturated heterocycles. The summed E-state index contributed by atoms with van der Waals surface area (Å²) in [6.45, 7) is -0.0884. The van der Waals surface area contributed by atoms with Gasteiger partial charge in [0, 0.05) is 18.8 Å². The maximum Gasteiger partial charge on any atom is 0.242 e. The van der Waals surface area contributed by atoms with E-state index in [0.717, 1.165) is 37.8 Å². The van der Waals surface area contributed by atoms with E-state index in [0.29, 0.717) is 0 Å². The second kappa shape index (κ2) is 7.24. The molecule has 2 rings (SSSR count). The van der Waals surface area contributed by atoms with Crippen molar-refractivity contribution in [3.63, 3.8) is 0 Å². The van der Waals surface area contributed by atoms with Crippen LogP contribution in [0.25, 0.3) is 0 Å². The highest BCUT2D eigenvalue weighted by atomic mass is 32.2. The minimum Gasteiger partial charge on any atom is -0.314 e. The van der Waals surface area contributed by atoms with Gasteiger partial charge in [-0.05, 0) is 25.0 Å². The first-order valence-corrected chi connectivity index (χ1v) is 9.53. The van der Waals surface area contributed by atoms with Crippen molar-refractivity contribution in [2.45, 2.75) is 38.1 Å². The zero-order valence-corrected chi connectivity index (χ0v) is 14.1. The van der Waals surface area contributed by atoms with Crippen molar-refractivity contribution in [3.8, 4) is 0 Å². The minimum absolute atomic E-state index is 0.0446. The fourth-order valence-electron chi connectivity index (χ4n) is 2.92. The maximum absolute atomic E-state index is 12.5. The molecule has 0 radical (unpaired) electrons. The number of para-hydroxylation sites is 1. The molecule has 6 heteroatoms. The Morgan fingerprint density at radius 1 is 1.14 bits per heavy atom. The lowest BCUT2D eigenvalue weighted by Crippen LogP contribution is -2.47. The molecule has 22 heavy (non-hydrogen) atoms. The first kappa shape index (κ1) is 17.0. The van der Waals surface area contributed by atoms with Crippen molar-refractivity contribution in [2.24, 2.45) is 0 Å². The van der Waals surface area contributed by atoms with Crippen LogP contribution < -0.4 is 4.90 Å². The Hall–Kier alpha value is -1.40. The number of hydrogen-bond donors (Lipinski definition) is 0. The SMILES string of the molecule is CN(C(=O)CN(C1CCCCC1)S(C)(=O)=O)c1ccccc1. The largest absolute Gasteiger partial charge is 0.314 e. The number of likely N-dealkylation sites (N-methyl/N-ethyl adjacent to an activating group) is 1. The molecule has 1 aliphatic carbocycles. The Bertz CT molecular complexity index is 595. The first-order chi connectivity index (χ1) is 10.4. The Balaban J connectivity index is 2.11. The number of benzene rings is 1. The number of rotatable bonds is 5. The number of carbonyl (C=O) groups excluding carboxylic acids is 1. The minimum atomic E-state index is -3.39. The van der Waals surface area contributed by atoms with Crippen LogP contribution in [0.5, 0.6) is 0 Å². The highest BCUT2D eigenvalue weighted by molar-refractivity contribution is 7.88. The van der Waals surface area contributed by atoms with Crippen LogP contribution in [-0.2, 0) is 14.8 Å². The zero-order chi connectivity index (χ0) is 16.2. The number of nitrogens with zero attached hydrogens (tertiary/aromatic N) is 2. The molecule has 0 N–H and O–H groups in total. The van der Waals surface area contributed by atoms with Crippen molar-refractivity contribution in [3.05, 3.63) is 30.3 Å². The molecule has 1 aliphatic rings. The van der Waals surface area contributed by atoms with E-state index in [2.05, 4.69) is 0 Å². The van der Waals surface area contributed by atoms with Gasteiger partial charge in [-0.3, -0.25) is 4.79 Å². The van der Waals surface area contributed by atoms with Crippen LogP contribution in [0.3, 0.4) is 0 Å². The van der Waals surface area contributed by atoms with Crippen LogP contribution >= 0.6 is 0 Å². The van der Waals surface area contributed by atoms with Crippen molar-refractivity contribution < 1.29 is 13.2 Å². The number of anilines is 1. The lowest BCUT2D eigenvalue weighted by molar-refractivity contribution is -0.118. The molecular formula is C16H24N2O3S. The molecule has 1 amide bonds. The third-order valence-corrected chi connectivity index (χ3v) is 5.50. The molecular weight excluding hydrogens is 300 g/mol. The molecule has 0 aliphatic heterocycles. The summed E-state index contributed by atoms with van der Waals surface area (Å²) in [5, 5.41) is 0. The molecule has 1 saturated carbocycles. The van der Waals surface area contributed by atoms with Gasteiger partial charge in [0.05, 0.1) is 12.8 Å². The van der Waals surface area contributed by atoms with Gasteiger partial charge in [0.2, 0.25) is 15.9 Å². The average molecular weight is 324 g/mol. The Labute approximate surface area is 133 Å². The highest BCUT2D eigenvalue weighted by Crippen LogP contribution is 2.24. The summed E-state index contributed by atoms with van der Waals surface area (Å²) in [6, 6.07) is 9.22. The normalized spacial score (nSPS) is 16.7. The van der Waals surface area contributed by atoms with Crippen molar-refractivity contribution in [1.82, 2.24) is 4.31 Å². The van der Waals surface area contributed by atoms with Gasteiger partial charge >= 0.3 is 0 Å². The fraction of sp³-hybridized carbons (Fsp3) is 0.562. The third kappa shape index (κ3) is 4.30. The summed E-state index contributed by atoms with van der Waals surface area (Å²) in [6.07, 6.45) is 6.08. The van der Waals surface area contributed by atoms with E-state index in [1.54, 1.807) is 7.05 Å². The van der Waals surface area contributed by atoms with Gasteiger partial charge in [0.15, 0.2) is 0 Å². The number of hydrogen-bond acceptors (Lipinski definition) is 3. The van der Waals surface area contributed by atoms with E-state index >= 15 is 0 Å². The van der Waals surface area contributed by atoms with Crippen LogP contribution in [0.15, 0.2) is 30.3 Å². The predicted octanol–water partition coefficient (Wildman–Crippen LogP) is 2.24. The molecule has 1 aromatic carbocycles. The molecule has 0 unspecified atom stereocenters. The smallest absolute Gasteiger partial charge is 0.242 e. The summed E-state index contributed by atoms with van der Waals surface area (Å²) >= 11 is 0. The lowest BCUT2D eigenvalue weighted by Gasteiger charge is -2.33. The van der Waals surface area contributed by atoms with Gasteiger partial charge < -0.3 is 4.90 Å². The Morgan fingerprint density at radius 3 is 2.27 bits per heavy atom. The third-order valence-electron chi connectivity index (χ3n) is 4.22. The van der Waals surface area contributed by atoms with Crippen molar-refractivity contribution >= 4 is 21.6 Å². The van der Waals surface area contributed by atoms with E-state index in [1.165, 1.54) is 15.5 Å². The molecule has 122 valence electrons. The quantitative estimate of drug-likeness (QED) is 0.834. The molecule has 0 spiro atoms. The van der Waals surface area contributed by atoms with Crippen LogP contribution in [0.2, 0.25) is 0 Å². The van der Waals surface area contributed by atoms with Crippen LogP contribution in [-0.4, -0.2) is 44.5 Å². The van der Waals surface area contributed by atoms with Gasteiger partial charge in [-0.15, -0.1) is 0 Å². The fourth-order valence-corrected chi connectivity index (χ4v) is 4.02. The second-order valence-electron chi connectivity index (χ2n) is 5.89. The molecule has 1 aromatic rings. The summed E-state index contributed by atoms with van der Waals surface area (Å²) in [7, 11) is -1.71. The van der Waals surface area contributed by atoms with Gasteiger partial charge in [0.25, 0.3) is 0 Å². The molecule has 1 fully saturated rings. The summed E-state index contributed by atoms with van der Waals surface area (Å²) in [4.78, 5) is 14.0. The van der Waals surface area contributed by atoms with Gasteiger partial charge in [0.1, 0.15) is 0 Å². The zero-order valence-electron chi connectivity index (χ0n) is 13.2. The number of carbonyl (C=O) groups is 1. The standard InChI is InChI=1S/C16H24N2O3S/c1-17(14-9-5-3-6-10-14)16(19)13-18(22(2,20)21)15-11-7-4-8-12-15/h3,5-6,9-10,15H,4,7-8,11-13H2,1-2H3. The average Bonchev–Trinajstić information content (AvgIpc) is 2.52. The van der Waals surface area contributed by atoms with Crippen LogP contribution in [0.4, 0.5) is 5.69 Å². The van der Waals surface area contributed by atoms with Gasteiger partial charge in [-0.1, -0.05) is 37.5 Å².